The number of benzene rings is 3. The van der Waals surface area contributed by atoms with Crippen LogP contribution in [0.1, 0.15) is 77.0 Å². The van der Waals surface area contributed by atoms with Gasteiger partial charge in [0.15, 0.2) is 0 Å². The number of morpholine rings is 1. The van der Waals surface area contributed by atoms with Crippen molar-refractivity contribution in [1.29, 1.82) is 0 Å². The number of amides is 3. The number of carbonyl (C=O) groups excluding carboxylic acids is 3. The van der Waals surface area contributed by atoms with Crippen LogP contribution in [0.2, 0.25) is 0 Å². The Morgan fingerprint density at radius 3 is 2.34 bits per heavy atom. The quantitative estimate of drug-likeness (QED) is 0.0933. The molecule has 1 aromatic heterocycles. The molecule has 0 aliphatic carbocycles. The number of piperidine rings is 2. The highest BCUT2D eigenvalue weighted by Gasteiger charge is 2.30. The van der Waals surface area contributed by atoms with Gasteiger partial charge in [-0.05, 0) is 99.0 Å². The van der Waals surface area contributed by atoms with Crippen LogP contribution in [0.3, 0.4) is 0 Å². The smallest absolute Gasteiger partial charge is 0.254 e. The first-order chi connectivity index (χ1) is 29.4. The van der Waals surface area contributed by atoms with Gasteiger partial charge in [0.05, 0.1) is 23.5 Å². The van der Waals surface area contributed by atoms with Crippen molar-refractivity contribution in [2.24, 2.45) is 23.1 Å². The summed E-state index contributed by atoms with van der Waals surface area (Å²) in [6.45, 7) is 10.5. The fourth-order valence-corrected chi connectivity index (χ4v) is 9.39. The Hall–Kier alpha value is -5.99. The second kappa shape index (κ2) is 19.2. The molecule has 3 fully saturated rings. The van der Waals surface area contributed by atoms with Crippen molar-refractivity contribution in [3.63, 3.8) is 0 Å². The molecule has 14 nitrogen and oxygen atoms in total. The van der Waals surface area contributed by atoms with Crippen LogP contribution in [-0.2, 0) is 14.3 Å². The Bertz CT molecular complexity index is 2280. The van der Waals surface area contributed by atoms with Crippen molar-refractivity contribution in [3.8, 4) is 5.75 Å². The second-order valence-corrected chi connectivity index (χ2v) is 16.7. The number of allylic oxidation sites excluding steroid dienone is 1. The summed E-state index contributed by atoms with van der Waals surface area (Å²) in [5, 5.41) is 14.0. The lowest BCUT2D eigenvalue weighted by molar-refractivity contribution is -0.120. The van der Waals surface area contributed by atoms with Crippen LogP contribution in [0.25, 0.3) is 16.6 Å². The van der Waals surface area contributed by atoms with Gasteiger partial charge in [-0.25, -0.2) is 0 Å². The number of rotatable bonds is 13. The van der Waals surface area contributed by atoms with Crippen LogP contribution in [0, 0.1) is 19.8 Å². The molecule has 3 aromatic carbocycles. The topological polar surface area (TPSA) is 189 Å². The van der Waals surface area contributed by atoms with Crippen molar-refractivity contribution in [1.82, 2.24) is 24.6 Å². The van der Waals surface area contributed by atoms with E-state index in [1.54, 1.807) is 42.3 Å². The Morgan fingerprint density at radius 1 is 0.902 bits per heavy atom. The predicted octanol–water partition coefficient (Wildman–Crippen LogP) is 4.71. The average Bonchev–Trinajstić information content (AvgIpc) is 3.62. The third-order valence-corrected chi connectivity index (χ3v) is 12.8. The summed E-state index contributed by atoms with van der Waals surface area (Å²) in [7, 11) is 1.61. The summed E-state index contributed by atoms with van der Waals surface area (Å²) in [5.74, 6) is 0.717. The highest BCUT2D eigenvalue weighted by Crippen LogP contribution is 2.36. The van der Waals surface area contributed by atoms with Crippen LogP contribution >= 0.6 is 0 Å². The lowest BCUT2D eigenvalue weighted by atomic mass is 9.93. The molecular weight excluding hydrogens is 771 g/mol. The van der Waals surface area contributed by atoms with Crippen LogP contribution in [0.15, 0.2) is 84.3 Å². The number of aromatic nitrogens is 1. The molecule has 4 heterocycles. The van der Waals surface area contributed by atoms with Gasteiger partial charge in [-0.3, -0.25) is 14.4 Å². The van der Waals surface area contributed by atoms with Gasteiger partial charge in [-0.1, -0.05) is 30.3 Å². The number of ether oxygens (including phenoxy) is 1. The van der Waals surface area contributed by atoms with Crippen molar-refractivity contribution in [3.05, 3.63) is 112 Å². The van der Waals surface area contributed by atoms with Gasteiger partial charge in [-0.15, -0.1) is 0 Å². The van der Waals surface area contributed by atoms with Crippen molar-refractivity contribution in [2.45, 2.75) is 58.1 Å². The summed E-state index contributed by atoms with van der Waals surface area (Å²) in [6.07, 6.45) is 6.54. The number of hydrogen-bond donors (Lipinski definition) is 5. The van der Waals surface area contributed by atoms with E-state index in [0.29, 0.717) is 60.7 Å². The number of likely N-dealkylation sites (tertiary alicyclic amines) is 2. The normalized spacial score (nSPS) is 18.3. The average molecular weight is 832 g/mol. The fourth-order valence-electron chi connectivity index (χ4n) is 9.39. The maximum Gasteiger partial charge on any atom is 0.254 e. The van der Waals surface area contributed by atoms with Gasteiger partial charge >= 0.3 is 0 Å². The molecule has 1 unspecified atom stereocenters. The molecule has 324 valence electrons. The Labute approximate surface area is 358 Å². The maximum absolute atomic E-state index is 13.8. The molecule has 14 heteroatoms. The first-order valence-electron chi connectivity index (χ1n) is 21.5. The minimum atomic E-state index is -0.266. The van der Waals surface area contributed by atoms with E-state index in [9.17, 15) is 19.5 Å². The molecule has 61 heavy (non-hydrogen) atoms. The van der Waals surface area contributed by atoms with Gasteiger partial charge in [-0.2, -0.15) is 0 Å². The number of carbonyl (C=O) groups is 3. The van der Waals surface area contributed by atoms with Crippen molar-refractivity contribution in [2.75, 3.05) is 70.9 Å². The zero-order valence-electron chi connectivity index (χ0n) is 35.7. The molecular formula is C47H61N9O5. The number of phenolic OH excluding ortho intramolecular Hbond substituents is 1. The lowest BCUT2D eigenvalue weighted by Crippen LogP contribution is -2.43. The lowest BCUT2D eigenvalue weighted by Gasteiger charge is -2.38. The van der Waals surface area contributed by atoms with E-state index >= 15 is 0 Å². The third kappa shape index (κ3) is 9.66. The van der Waals surface area contributed by atoms with Gasteiger partial charge < -0.3 is 56.5 Å². The van der Waals surface area contributed by atoms with Crippen molar-refractivity contribution < 1.29 is 24.2 Å². The highest BCUT2D eigenvalue weighted by atomic mass is 16.5. The standard InChI is InChI=1S/C47H61N9O5/c1-31-25-34(44-29-54(23-24-61-44)42(46(49)50)27-39(48)37-7-4-5-10-43(37)58)11-12-36(31)47(60)53-20-13-33(14-21-53)28-52-18-15-35(16-19-52)56-32(2)26-38-40(8-6-9-41(38)56)55(30-57)22-17-45(59)51-3/h4-12,25-27,30,33,35,44,58H,13-24,28-29,48-50H2,1-3H3,(H,51,59)/b39-27-. The Kier molecular flexibility index (Phi) is 13.5. The number of nitrogens with one attached hydrogen (secondary N) is 1. The first kappa shape index (κ1) is 43.1. The Morgan fingerprint density at radius 2 is 1.66 bits per heavy atom. The third-order valence-electron chi connectivity index (χ3n) is 12.8. The van der Waals surface area contributed by atoms with E-state index in [4.69, 9.17) is 21.9 Å². The Balaban J connectivity index is 0.909. The zero-order valence-corrected chi connectivity index (χ0v) is 35.7. The maximum atomic E-state index is 13.8. The van der Waals surface area contributed by atoms with E-state index < -0.39 is 0 Å². The highest BCUT2D eigenvalue weighted by molar-refractivity contribution is 5.98. The number of aromatic hydroxyl groups is 1. The SMILES string of the molecule is CNC(=O)CCN(C=O)c1cccc2c1cc(C)n2C1CCN(CC2CCN(C(=O)c3ccc(C4CN(C(/C=C(\N)c5ccccc5O)=C(N)N)CCO4)cc3C)CC2)CC1. The predicted molar refractivity (Wildman–Crippen MR) is 239 cm³/mol. The van der Waals surface area contributed by atoms with Gasteiger partial charge in [0, 0.05) is 99.8 Å². The number of phenols is 1. The van der Waals surface area contributed by atoms with E-state index in [2.05, 4.69) is 33.8 Å². The number of hydrogen-bond acceptors (Lipinski definition) is 10. The molecule has 3 aliphatic rings. The summed E-state index contributed by atoms with van der Waals surface area (Å²) in [5.41, 5.74) is 25.8. The van der Waals surface area contributed by atoms with Crippen molar-refractivity contribution >= 4 is 40.5 Å². The molecule has 3 aliphatic heterocycles. The molecule has 3 saturated heterocycles. The molecule has 3 amide bonds. The summed E-state index contributed by atoms with van der Waals surface area (Å²) >= 11 is 0. The number of aryl methyl sites for hydroxylation is 2. The summed E-state index contributed by atoms with van der Waals surface area (Å²) in [6, 6.07) is 21.4. The first-order valence-corrected chi connectivity index (χ1v) is 21.5. The van der Waals surface area contributed by atoms with E-state index in [-0.39, 0.29) is 35.9 Å². The molecule has 4 aromatic rings. The van der Waals surface area contributed by atoms with Crippen LogP contribution < -0.4 is 27.4 Å². The number of anilines is 1. The molecule has 0 saturated carbocycles. The minimum absolute atomic E-state index is 0.0700. The minimum Gasteiger partial charge on any atom is -0.507 e. The van der Waals surface area contributed by atoms with Gasteiger partial charge in [0.1, 0.15) is 17.7 Å². The number of nitrogens with zero attached hydrogens (tertiary/aromatic N) is 5. The van der Waals surface area contributed by atoms with E-state index in [0.717, 1.165) is 92.5 Å². The van der Waals surface area contributed by atoms with Gasteiger partial charge in [0.2, 0.25) is 12.3 Å². The van der Waals surface area contributed by atoms with Crippen LogP contribution in [0.5, 0.6) is 5.75 Å². The molecule has 0 bridgehead atoms. The van der Waals surface area contributed by atoms with Crippen LogP contribution in [0.4, 0.5) is 5.69 Å². The summed E-state index contributed by atoms with van der Waals surface area (Å²) in [4.78, 5) is 46.1. The zero-order chi connectivity index (χ0) is 43.2. The number of nitrogens with two attached hydrogens (primary N) is 3. The van der Waals surface area contributed by atoms with E-state index in [1.165, 1.54) is 5.69 Å². The molecule has 0 radical (unpaired) electrons. The molecule has 1 atom stereocenters. The number of para-hydroxylation sites is 1. The largest absolute Gasteiger partial charge is 0.507 e. The van der Waals surface area contributed by atoms with Crippen LogP contribution in [-0.4, -0.2) is 109 Å². The van der Waals surface area contributed by atoms with E-state index in [1.807, 2.05) is 47.1 Å². The second-order valence-electron chi connectivity index (χ2n) is 16.7. The van der Waals surface area contributed by atoms with Gasteiger partial charge in [0.25, 0.3) is 5.91 Å². The molecule has 7 rings (SSSR count). The molecule has 8 N–H and O–H groups in total. The number of fused-ring (bicyclic) bond motifs is 1. The summed E-state index contributed by atoms with van der Waals surface area (Å²) < 4.78 is 8.64. The fraction of sp³-hybridized carbons (Fsp3) is 0.426. The molecule has 0 spiro atoms. The monoisotopic (exact) mass is 831 g/mol.